The first-order valence-corrected chi connectivity index (χ1v) is 11.9. The number of amides is 1. The molecule has 8 heteroatoms. The fourth-order valence-electron chi connectivity index (χ4n) is 3.90. The first-order valence-electron chi connectivity index (χ1n) is 11.9. The molecule has 0 spiro atoms. The second-order valence-corrected chi connectivity index (χ2v) is 9.23. The average molecular weight is 486 g/mol. The summed E-state index contributed by atoms with van der Waals surface area (Å²) in [5.41, 5.74) is 4.53. The zero-order valence-electron chi connectivity index (χ0n) is 21.3. The summed E-state index contributed by atoms with van der Waals surface area (Å²) in [7, 11) is 5.65. The third-order valence-electron chi connectivity index (χ3n) is 5.97. The maximum Gasteiger partial charge on any atom is 0.339 e. The first kappa shape index (κ1) is 24.9. The molecule has 0 bridgehead atoms. The summed E-state index contributed by atoms with van der Waals surface area (Å²) in [4.78, 5) is 34.2. The van der Waals surface area contributed by atoms with Crippen molar-refractivity contribution < 1.29 is 14.3 Å². The van der Waals surface area contributed by atoms with Crippen LogP contribution in [0, 0.1) is 0 Å². The summed E-state index contributed by atoms with van der Waals surface area (Å²) in [5, 5.41) is 5.02. The predicted octanol–water partition coefficient (Wildman–Crippen LogP) is 4.56. The molecule has 0 fully saturated rings. The van der Waals surface area contributed by atoms with Crippen molar-refractivity contribution in [3.63, 3.8) is 0 Å². The van der Waals surface area contributed by atoms with Crippen molar-refractivity contribution in [2.45, 2.75) is 26.4 Å². The Balaban J connectivity index is 1.51. The van der Waals surface area contributed by atoms with Crippen LogP contribution in [-0.4, -0.2) is 59.3 Å². The summed E-state index contributed by atoms with van der Waals surface area (Å²) in [6.07, 6.45) is 1.62. The molecular weight excluding hydrogens is 454 g/mol. The van der Waals surface area contributed by atoms with E-state index in [1.54, 1.807) is 28.9 Å². The van der Waals surface area contributed by atoms with Gasteiger partial charge < -0.3 is 14.5 Å². The summed E-state index contributed by atoms with van der Waals surface area (Å²) >= 11 is 0. The molecule has 186 valence electrons. The van der Waals surface area contributed by atoms with Crippen molar-refractivity contribution >= 4 is 28.6 Å². The summed E-state index contributed by atoms with van der Waals surface area (Å²) in [5.74, 6) is -0.869. The number of anilines is 1. The maximum absolute atomic E-state index is 13.1. The number of fused-ring (bicyclic) bond motifs is 1. The summed E-state index contributed by atoms with van der Waals surface area (Å²) in [6, 6.07) is 19.4. The normalized spacial score (nSPS) is 11.1. The van der Waals surface area contributed by atoms with Crippen LogP contribution in [0.1, 0.15) is 35.8 Å². The Morgan fingerprint density at radius 1 is 1.00 bits per heavy atom. The van der Waals surface area contributed by atoms with Crippen LogP contribution in [0.25, 0.3) is 22.3 Å². The standard InChI is InChI=1S/C28H31N5O3/c1-19(2)33-27-24(16-29-33)23(15-25(30-27)21-9-7-6-8-10-21)28(35)36-18-26(34)32(5)17-20-11-13-22(14-12-20)31(3)4/h6-16,19H,17-18H2,1-5H3. The van der Waals surface area contributed by atoms with Gasteiger partial charge >= 0.3 is 5.97 Å². The SMILES string of the molecule is CC(C)n1ncc2c(C(=O)OCC(=O)N(C)Cc3ccc(N(C)C)cc3)cc(-c3ccccc3)nc21. The Morgan fingerprint density at radius 3 is 2.33 bits per heavy atom. The minimum atomic E-state index is -0.583. The van der Waals surface area contributed by atoms with Gasteiger partial charge in [-0.15, -0.1) is 0 Å². The first-order chi connectivity index (χ1) is 17.2. The Labute approximate surface area is 211 Å². The topological polar surface area (TPSA) is 80.6 Å². The number of ether oxygens (including phenoxy) is 1. The van der Waals surface area contributed by atoms with Gasteiger partial charge in [0.15, 0.2) is 12.3 Å². The average Bonchev–Trinajstić information content (AvgIpc) is 3.31. The molecule has 0 aliphatic heterocycles. The molecule has 0 unspecified atom stereocenters. The van der Waals surface area contributed by atoms with E-state index in [1.807, 2.05) is 87.4 Å². The van der Waals surface area contributed by atoms with Gasteiger partial charge in [-0.25, -0.2) is 14.5 Å². The van der Waals surface area contributed by atoms with Crippen molar-refractivity contribution in [3.8, 4) is 11.3 Å². The molecular formula is C28H31N5O3. The number of nitrogens with zero attached hydrogens (tertiary/aromatic N) is 5. The van der Waals surface area contributed by atoms with Gasteiger partial charge in [-0.3, -0.25) is 4.79 Å². The molecule has 2 heterocycles. The number of hydrogen-bond donors (Lipinski definition) is 0. The van der Waals surface area contributed by atoms with Crippen LogP contribution in [-0.2, 0) is 16.1 Å². The lowest BCUT2D eigenvalue weighted by atomic mass is 10.1. The zero-order valence-corrected chi connectivity index (χ0v) is 21.3. The van der Waals surface area contributed by atoms with Gasteiger partial charge in [0, 0.05) is 45.0 Å². The van der Waals surface area contributed by atoms with Gasteiger partial charge in [0.2, 0.25) is 0 Å². The molecule has 2 aromatic heterocycles. The van der Waals surface area contributed by atoms with Crippen LogP contribution in [0.3, 0.4) is 0 Å². The minimum Gasteiger partial charge on any atom is -0.452 e. The van der Waals surface area contributed by atoms with E-state index in [9.17, 15) is 9.59 Å². The number of carbonyl (C=O) groups excluding carboxylic acids is 2. The Kier molecular flexibility index (Phi) is 7.33. The van der Waals surface area contributed by atoms with Crippen molar-refractivity contribution in [1.82, 2.24) is 19.7 Å². The molecule has 4 rings (SSSR count). The van der Waals surface area contributed by atoms with Crippen molar-refractivity contribution in [1.29, 1.82) is 0 Å². The highest BCUT2D eigenvalue weighted by Gasteiger charge is 2.21. The second-order valence-electron chi connectivity index (χ2n) is 9.23. The molecule has 0 aliphatic carbocycles. The molecule has 0 saturated carbocycles. The van der Waals surface area contributed by atoms with Crippen molar-refractivity contribution in [2.24, 2.45) is 0 Å². The van der Waals surface area contributed by atoms with Gasteiger partial charge in [-0.05, 0) is 37.6 Å². The fraction of sp³-hybridized carbons (Fsp3) is 0.286. The largest absolute Gasteiger partial charge is 0.452 e. The van der Waals surface area contributed by atoms with E-state index in [1.165, 1.54) is 0 Å². The van der Waals surface area contributed by atoms with E-state index in [0.29, 0.717) is 28.8 Å². The number of aromatic nitrogens is 3. The number of likely N-dealkylation sites (N-methyl/N-ethyl adjacent to an activating group) is 1. The fourth-order valence-corrected chi connectivity index (χ4v) is 3.90. The van der Waals surface area contributed by atoms with Crippen LogP contribution in [0.5, 0.6) is 0 Å². The van der Waals surface area contributed by atoms with E-state index < -0.39 is 5.97 Å². The summed E-state index contributed by atoms with van der Waals surface area (Å²) in [6.45, 7) is 4.07. The number of carbonyl (C=O) groups is 2. The molecule has 36 heavy (non-hydrogen) atoms. The molecule has 0 aliphatic rings. The van der Waals surface area contributed by atoms with Crippen molar-refractivity contribution in [3.05, 3.63) is 78.0 Å². The van der Waals surface area contributed by atoms with Crippen LogP contribution in [0.4, 0.5) is 5.69 Å². The van der Waals surface area contributed by atoms with Crippen LogP contribution in [0.15, 0.2) is 66.9 Å². The predicted molar refractivity (Wildman–Crippen MR) is 141 cm³/mol. The van der Waals surface area contributed by atoms with Crippen LogP contribution < -0.4 is 4.90 Å². The van der Waals surface area contributed by atoms with Gasteiger partial charge in [-0.1, -0.05) is 42.5 Å². The van der Waals surface area contributed by atoms with Crippen LogP contribution in [0.2, 0.25) is 0 Å². The molecule has 2 aromatic carbocycles. The van der Waals surface area contributed by atoms with Gasteiger partial charge in [0.1, 0.15) is 0 Å². The second kappa shape index (κ2) is 10.6. The van der Waals surface area contributed by atoms with E-state index in [-0.39, 0.29) is 18.6 Å². The highest BCUT2D eigenvalue weighted by molar-refractivity contribution is 6.04. The van der Waals surface area contributed by atoms with E-state index >= 15 is 0 Å². The Hall–Kier alpha value is -4.20. The molecule has 0 saturated heterocycles. The minimum absolute atomic E-state index is 0.0620. The number of hydrogen-bond acceptors (Lipinski definition) is 6. The Morgan fingerprint density at radius 2 is 1.69 bits per heavy atom. The van der Waals surface area contributed by atoms with Gasteiger partial charge in [0.25, 0.3) is 5.91 Å². The molecule has 0 atom stereocenters. The third kappa shape index (κ3) is 5.38. The lowest BCUT2D eigenvalue weighted by molar-refractivity contribution is -0.133. The van der Waals surface area contributed by atoms with E-state index in [4.69, 9.17) is 9.72 Å². The van der Waals surface area contributed by atoms with Crippen LogP contribution >= 0.6 is 0 Å². The highest BCUT2D eigenvalue weighted by Crippen LogP contribution is 2.27. The lowest BCUT2D eigenvalue weighted by Crippen LogP contribution is -2.30. The zero-order chi connectivity index (χ0) is 25.8. The third-order valence-corrected chi connectivity index (χ3v) is 5.97. The van der Waals surface area contributed by atoms with Gasteiger partial charge in [0.05, 0.1) is 22.8 Å². The maximum atomic E-state index is 13.1. The lowest BCUT2D eigenvalue weighted by Gasteiger charge is -2.18. The number of pyridine rings is 1. The smallest absolute Gasteiger partial charge is 0.339 e. The van der Waals surface area contributed by atoms with Gasteiger partial charge in [-0.2, -0.15) is 5.10 Å². The molecule has 0 radical (unpaired) electrons. The Bertz CT molecular complexity index is 1360. The molecule has 1 amide bonds. The molecule has 4 aromatic rings. The van der Waals surface area contributed by atoms with Crippen molar-refractivity contribution in [2.75, 3.05) is 32.6 Å². The monoisotopic (exact) mass is 485 g/mol. The molecule has 0 N–H and O–H groups in total. The number of benzene rings is 2. The summed E-state index contributed by atoms with van der Waals surface area (Å²) < 4.78 is 7.24. The quantitative estimate of drug-likeness (QED) is 0.341. The van der Waals surface area contributed by atoms with E-state index in [2.05, 4.69) is 5.10 Å². The number of esters is 1. The number of rotatable bonds is 8. The van der Waals surface area contributed by atoms with E-state index in [0.717, 1.165) is 16.8 Å². The molecule has 8 nitrogen and oxygen atoms in total. The highest BCUT2D eigenvalue weighted by atomic mass is 16.5.